The van der Waals surface area contributed by atoms with Crippen molar-refractivity contribution in [2.75, 3.05) is 27.2 Å². The zero-order valence-electron chi connectivity index (χ0n) is 12.0. The molecule has 0 amide bonds. The van der Waals surface area contributed by atoms with Gasteiger partial charge in [-0.2, -0.15) is 0 Å². The lowest BCUT2D eigenvalue weighted by atomic mass is 10.0. The number of carboxylic acid groups (broad SMARTS) is 1. The molecule has 1 saturated heterocycles. The maximum Gasteiger partial charge on any atom is 0.338 e. The molecule has 1 heterocycles. The SMILES string of the molecule is CN(C)C1CCN(Cc2ccc(F)c(C(=O)O)c2)CC1. The van der Waals surface area contributed by atoms with Gasteiger partial charge in [-0.05, 0) is 57.7 Å². The van der Waals surface area contributed by atoms with Gasteiger partial charge in [-0.1, -0.05) is 6.07 Å². The molecule has 1 fully saturated rings. The average Bonchev–Trinajstić information content (AvgIpc) is 2.41. The highest BCUT2D eigenvalue weighted by atomic mass is 19.1. The molecular formula is C15H21FN2O2. The number of rotatable bonds is 4. The van der Waals surface area contributed by atoms with Crippen molar-refractivity contribution >= 4 is 5.97 Å². The van der Waals surface area contributed by atoms with Crippen molar-refractivity contribution in [3.63, 3.8) is 0 Å². The van der Waals surface area contributed by atoms with E-state index in [0.717, 1.165) is 31.5 Å². The molecule has 1 N–H and O–H groups in total. The second-order valence-electron chi connectivity index (χ2n) is 5.59. The van der Waals surface area contributed by atoms with Crippen molar-refractivity contribution in [1.29, 1.82) is 0 Å². The molecule has 0 saturated carbocycles. The molecule has 110 valence electrons. The predicted octanol–water partition coefficient (Wildman–Crippen LogP) is 2.05. The molecule has 1 aliphatic rings. The van der Waals surface area contributed by atoms with Crippen LogP contribution in [0.25, 0.3) is 0 Å². The number of hydrogen-bond donors (Lipinski definition) is 1. The molecule has 5 heteroatoms. The number of benzene rings is 1. The highest BCUT2D eigenvalue weighted by Gasteiger charge is 2.21. The van der Waals surface area contributed by atoms with Crippen molar-refractivity contribution in [3.05, 3.63) is 35.1 Å². The van der Waals surface area contributed by atoms with Gasteiger partial charge in [-0.25, -0.2) is 9.18 Å². The minimum Gasteiger partial charge on any atom is -0.478 e. The first-order valence-electron chi connectivity index (χ1n) is 6.88. The first kappa shape index (κ1) is 14.9. The van der Waals surface area contributed by atoms with Crippen LogP contribution in [0.2, 0.25) is 0 Å². The highest BCUT2D eigenvalue weighted by molar-refractivity contribution is 5.88. The smallest absolute Gasteiger partial charge is 0.338 e. The van der Waals surface area contributed by atoms with E-state index >= 15 is 0 Å². The Hall–Kier alpha value is -1.46. The van der Waals surface area contributed by atoms with Crippen molar-refractivity contribution in [1.82, 2.24) is 9.80 Å². The Bertz CT molecular complexity index is 483. The molecule has 4 nitrogen and oxygen atoms in total. The third-order valence-corrected chi connectivity index (χ3v) is 3.95. The minimum atomic E-state index is -1.21. The van der Waals surface area contributed by atoms with Crippen molar-refractivity contribution < 1.29 is 14.3 Å². The lowest BCUT2D eigenvalue weighted by molar-refractivity contribution is 0.0691. The van der Waals surface area contributed by atoms with Gasteiger partial charge in [0, 0.05) is 12.6 Å². The summed E-state index contributed by atoms with van der Waals surface area (Å²) >= 11 is 0. The summed E-state index contributed by atoms with van der Waals surface area (Å²) in [6.07, 6.45) is 2.22. The number of halogens is 1. The Balaban J connectivity index is 1.98. The Morgan fingerprint density at radius 3 is 2.60 bits per heavy atom. The van der Waals surface area contributed by atoms with E-state index in [-0.39, 0.29) is 5.56 Å². The topological polar surface area (TPSA) is 43.8 Å². The van der Waals surface area contributed by atoms with E-state index in [1.807, 2.05) is 0 Å². The zero-order valence-corrected chi connectivity index (χ0v) is 12.0. The number of carboxylic acids is 1. The second kappa shape index (κ2) is 6.33. The fraction of sp³-hybridized carbons (Fsp3) is 0.533. The molecule has 1 aromatic carbocycles. The number of aromatic carboxylic acids is 1. The first-order valence-corrected chi connectivity index (χ1v) is 6.88. The van der Waals surface area contributed by atoms with Crippen LogP contribution in [0.5, 0.6) is 0 Å². The summed E-state index contributed by atoms with van der Waals surface area (Å²) in [5, 5.41) is 8.93. The normalized spacial score (nSPS) is 17.6. The third-order valence-electron chi connectivity index (χ3n) is 3.95. The van der Waals surface area contributed by atoms with Gasteiger partial charge < -0.3 is 10.0 Å². The Labute approximate surface area is 118 Å². The molecular weight excluding hydrogens is 259 g/mol. The molecule has 20 heavy (non-hydrogen) atoms. The summed E-state index contributed by atoms with van der Waals surface area (Å²) in [7, 11) is 4.19. The Morgan fingerprint density at radius 2 is 2.05 bits per heavy atom. The van der Waals surface area contributed by atoms with Gasteiger partial charge in [0.25, 0.3) is 0 Å². The average molecular weight is 280 g/mol. The monoisotopic (exact) mass is 280 g/mol. The Kier molecular flexibility index (Phi) is 4.73. The third kappa shape index (κ3) is 3.55. The summed E-state index contributed by atoms with van der Waals surface area (Å²) in [6.45, 7) is 2.66. The number of carbonyl (C=O) groups is 1. The Morgan fingerprint density at radius 1 is 1.40 bits per heavy atom. The molecule has 0 unspecified atom stereocenters. The van der Waals surface area contributed by atoms with Gasteiger partial charge >= 0.3 is 5.97 Å². The quantitative estimate of drug-likeness (QED) is 0.916. The molecule has 1 aromatic rings. The van der Waals surface area contributed by atoms with Crippen LogP contribution in [0.1, 0.15) is 28.8 Å². The van der Waals surface area contributed by atoms with E-state index in [0.29, 0.717) is 12.6 Å². The fourth-order valence-electron chi connectivity index (χ4n) is 2.69. The van der Waals surface area contributed by atoms with E-state index < -0.39 is 11.8 Å². The molecule has 0 aromatic heterocycles. The number of nitrogens with zero attached hydrogens (tertiary/aromatic N) is 2. The van der Waals surface area contributed by atoms with Gasteiger partial charge in [0.1, 0.15) is 5.82 Å². The minimum absolute atomic E-state index is 0.245. The molecule has 0 atom stereocenters. The lowest BCUT2D eigenvalue weighted by Crippen LogP contribution is -2.41. The van der Waals surface area contributed by atoms with Gasteiger partial charge in [0.05, 0.1) is 5.56 Å². The highest BCUT2D eigenvalue weighted by Crippen LogP contribution is 2.18. The van der Waals surface area contributed by atoms with Crippen LogP contribution in [0, 0.1) is 5.82 Å². The lowest BCUT2D eigenvalue weighted by Gasteiger charge is -2.35. The standard InChI is InChI=1S/C15H21FN2O2/c1-17(2)12-5-7-18(8-6-12)10-11-3-4-14(16)13(9-11)15(19)20/h3-4,9,12H,5-8,10H2,1-2H3,(H,19,20). The van der Waals surface area contributed by atoms with E-state index in [4.69, 9.17) is 5.11 Å². The van der Waals surface area contributed by atoms with Crippen LogP contribution in [0.15, 0.2) is 18.2 Å². The van der Waals surface area contributed by atoms with Crippen molar-refractivity contribution in [3.8, 4) is 0 Å². The van der Waals surface area contributed by atoms with Crippen LogP contribution in [-0.2, 0) is 6.54 Å². The second-order valence-corrected chi connectivity index (χ2v) is 5.59. The van der Waals surface area contributed by atoms with Gasteiger partial charge in [0.2, 0.25) is 0 Å². The maximum atomic E-state index is 13.3. The molecule has 0 bridgehead atoms. The molecule has 1 aliphatic heterocycles. The summed E-state index contributed by atoms with van der Waals surface area (Å²) in [5.74, 6) is -1.89. The van der Waals surface area contributed by atoms with Crippen LogP contribution >= 0.6 is 0 Å². The van der Waals surface area contributed by atoms with E-state index in [1.165, 1.54) is 12.1 Å². The van der Waals surface area contributed by atoms with Crippen molar-refractivity contribution in [2.45, 2.75) is 25.4 Å². The maximum absolute atomic E-state index is 13.3. The van der Waals surface area contributed by atoms with Gasteiger partial charge in [-0.15, -0.1) is 0 Å². The van der Waals surface area contributed by atoms with Gasteiger partial charge in [0.15, 0.2) is 0 Å². The summed E-state index contributed by atoms with van der Waals surface area (Å²) in [5.41, 5.74) is 0.609. The van der Waals surface area contributed by atoms with Crippen molar-refractivity contribution in [2.24, 2.45) is 0 Å². The van der Waals surface area contributed by atoms with Gasteiger partial charge in [-0.3, -0.25) is 4.90 Å². The molecule has 0 spiro atoms. The summed E-state index contributed by atoms with van der Waals surface area (Å²) in [6, 6.07) is 4.97. The van der Waals surface area contributed by atoms with Crippen LogP contribution in [0.3, 0.4) is 0 Å². The summed E-state index contributed by atoms with van der Waals surface area (Å²) in [4.78, 5) is 15.5. The predicted molar refractivity (Wildman–Crippen MR) is 75.3 cm³/mol. The van der Waals surface area contributed by atoms with Crippen LogP contribution in [0.4, 0.5) is 4.39 Å². The van der Waals surface area contributed by atoms with Crippen LogP contribution in [-0.4, -0.2) is 54.1 Å². The van der Waals surface area contributed by atoms with E-state index in [1.54, 1.807) is 6.07 Å². The van der Waals surface area contributed by atoms with E-state index in [2.05, 4.69) is 23.9 Å². The number of likely N-dealkylation sites (tertiary alicyclic amines) is 1. The first-order chi connectivity index (χ1) is 9.47. The molecule has 2 rings (SSSR count). The van der Waals surface area contributed by atoms with Crippen LogP contribution < -0.4 is 0 Å². The summed E-state index contributed by atoms with van der Waals surface area (Å²) < 4.78 is 13.3. The number of hydrogen-bond acceptors (Lipinski definition) is 3. The fourth-order valence-corrected chi connectivity index (χ4v) is 2.69. The number of piperidine rings is 1. The van der Waals surface area contributed by atoms with E-state index in [9.17, 15) is 9.18 Å². The molecule has 0 aliphatic carbocycles. The zero-order chi connectivity index (χ0) is 14.7. The molecule has 0 radical (unpaired) electrons. The largest absolute Gasteiger partial charge is 0.478 e.